The molecule has 0 unspecified atom stereocenters. The number of aryl methyl sites for hydroxylation is 2. The molecule has 4 aromatic rings. The second kappa shape index (κ2) is 10.6. The zero-order valence-corrected chi connectivity index (χ0v) is 22.4. The van der Waals surface area contributed by atoms with Crippen LogP contribution in [-0.4, -0.2) is 52.7 Å². The monoisotopic (exact) mass is 537 g/mol. The molecule has 0 fully saturated rings. The van der Waals surface area contributed by atoms with Crippen molar-refractivity contribution in [2.75, 3.05) is 14.2 Å². The van der Waals surface area contributed by atoms with E-state index in [0.29, 0.717) is 40.0 Å². The highest BCUT2D eigenvalue weighted by Gasteiger charge is 2.34. The van der Waals surface area contributed by atoms with Crippen LogP contribution in [0.25, 0.3) is 17.3 Å². The van der Waals surface area contributed by atoms with E-state index in [0.717, 1.165) is 0 Å². The Balaban J connectivity index is 1.80. The molecule has 1 N–H and O–H groups in total. The predicted molar refractivity (Wildman–Crippen MR) is 138 cm³/mol. The number of pyridine rings is 1. The lowest BCUT2D eigenvalue weighted by Crippen LogP contribution is -2.28. The van der Waals surface area contributed by atoms with Crippen molar-refractivity contribution < 1.29 is 27.4 Å². The molecule has 3 heterocycles. The molecule has 1 aromatic carbocycles. The van der Waals surface area contributed by atoms with Crippen LogP contribution in [0.3, 0.4) is 0 Å². The van der Waals surface area contributed by atoms with Crippen LogP contribution < -0.4 is 9.47 Å². The van der Waals surface area contributed by atoms with E-state index in [1.165, 1.54) is 37.8 Å². The van der Waals surface area contributed by atoms with E-state index in [1.54, 1.807) is 44.2 Å². The van der Waals surface area contributed by atoms with Crippen LogP contribution in [0, 0.1) is 25.2 Å². The highest BCUT2D eigenvalue weighted by atomic mass is 32.2. The van der Waals surface area contributed by atoms with E-state index >= 15 is 0 Å². The van der Waals surface area contributed by atoms with Crippen LogP contribution in [0.4, 0.5) is 0 Å². The minimum absolute atomic E-state index is 0.0693. The summed E-state index contributed by atoms with van der Waals surface area (Å²) in [5.41, 5.74) is 1.29. The van der Waals surface area contributed by atoms with Gasteiger partial charge in [0, 0.05) is 0 Å². The van der Waals surface area contributed by atoms with E-state index in [-0.39, 0.29) is 17.3 Å². The molecule has 12 heteroatoms. The van der Waals surface area contributed by atoms with Crippen LogP contribution in [0.2, 0.25) is 0 Å². The lowest BCUT2D eigenvalue weighted by Gasteiger charge is -2.20. The lowest BCUT2D eigenvalue weighted by molar-refractivity contribution is 0.171. The fourth-order valence-corrected chi connectivity index (χ4v) is 5.36. The van der Waals surface area contributed by atoms with E-state index in [9.17, 15) is 13.5 Å². The van der Waals surface area contributed by atoms with Gasteiger partial charge in [-0.2, -0.15) is 5.26 Å². The molecule has 0 bridgehead atoms. The maximum Gasteiger partial charge on any atom is 0.204 e. The average molecular weight is 538 g/mol. The number of sulfone groups is 1. The molecule has 0 saturated carbocycles. The number of aromatic nitrogens is 4. The number of ether oxygens (including phenoxy) is 2. The minimum atomic E-state index is -4.01. The van der Waals surface area contributed by atoms with Gasteiger partial charge in [0.25, 0.3) is 0 Å². The number of nitriles is 1. The minimum Gasteiger partial charge on any atom is -0.494 e. The van der Waals surface area contributed by atoms with Gasteiger partial charge in [0.1, 0.15) is 40.9 Å². The molecular formula is C26H27N5O6S. The van der Waals surface area contributed by atoms with E-state index in [2.05, 4.69) is 15.2 Å². The Hall–Kier alpha value is -4.21. The van der Waals surface area contributed by atoms with Crippen molar-refractivity contribution in [3.05, 3.63) is 71.0 Å². The molecule has 2 atom stereocenters. The number of benzene rings is 1. The summed E-state index contributed by atoms with van der Waals surface area (Å²) in [6, 6.07) is 13.6. The first-order chi connectivity index (χ1) is 18.1. The molecule has 0 amide bonds. The van der Waals surface area contributed by atoms with Gasteiger partial charge >= 0.3 is 0 Å². The van der Waals surface area contributed by atoms with Gasteiger partial charge in [-0.05, 0) is 57.2 Å². The van der Waals surface area contributed by atoms with E-state index < -0.39 is 26.9 Å². The van der Waals surface area contributed by atoms with Gasteiger partial charge in [-0.3, -0.25) is 9.55 Å². The van der Waals surface area contributed by atoms with Crippen molar-refractivity contribution in [2.45, 2.75) is 37.9 Å². The van der Waals surface area contributed by atoms with Crippen LogP contribution in [0.5, 0.6) is 11.5 Å². The third-order valence-corrected chi connectivity index (χ3v) is 8.24. The maximum absolute atomic E-state index is 13.6. The van der Waals surface area contributed by atoms with Crippen molar-refractivity contribution in [2.24, 2.45) is 0 Å². The molecule has 0 aliphatic carbocycles. The third kappa shape index (κ3) is 4.98. The van der Waals surface area contributed by atoms with Gasteiger partial charge in [-0.15, -0.1) is 10.2 Å². The molecule has 0 radical (unpaired) electrons. The van der Waals surface area contributed by atoms with Gasteiger partial charge in [0.2, 0.25) is 5.82 Å². The van der Waals surface area contributed by atoms with Crippen molar-refractivity contribution >= 4 is 9.84 Å². The summed E-state index contributed by atoms with van der Waals surface area (Å²) < 4.78 is 45.5. The highest BCUT2D eigenvalue weighted by Crippen LogP contribution is 2.37. The second-order valence-corrected chi connectivity index (χ2v) is 11.0. The van der Waals surface area contributed by atoms with Crippen LogP contribution >= 0.6 is 0 Å². The Bertz CT molecular complexity index is 1600. The van der Waals surface area contributed by atoms with Gasteiger partial charge in [0.15, 0.2) is 21.4 Å². The molecular weight excluding hydrogens is 510 g/mol. The normalized spacial score (nSPS) is 13.1. The standard InChI is InChI=1S/C26H27N5O6S/c1-15-9-12-22(37-15)26-30-29-23(31(26)24-20(35-4)7-6-8-21(24)36-5)14-38(33,34)17(3)25(32)19-11-10-18(13-27)16(2)28-19/h6-12,17,25,32H,14H2,1-5H3/t17-,25-/m1/s1. The average Bonchev–Trinajstić information content (AvgIpc) is 3.52. The van der Waals surface area contributed by atoms with Crippen molar-refractivity contribution in [3.63, 3.8) is 0 Å². The Morgan fingerprint density at radius 1 is 1.08 bits per heavy atom. The largest absolute Gasteiger partial charge is 0.494 e. The summed E-state index contributed by atoms with van der Waals surface area (Å²) in [6.07, 6.45) is -1.43. The number of aliphatic hydroxyl groups excluding tert-OH is 1. The molecule has 0 saturated heterocycles. The molecule has 38 heavy (non-hydrogen) atoms. The Morgan fingerprint density at radius 2 is 1.76 bits per heavy atom. The molecule has 0 aliphatic heterocycles. The number of furan rings is 1. The van der Waals surface area contributed by atoms with Gasteiger partial charge in [0.05, 0.1) is 36.4 Å². The van der Waals surface area contributed by atoms with Crippen LogP contribution in [0.15, 0.2) is 46.9 Å². The van der Waals surface area contributed by atoms with Crippen LogP contribution in [0.1, 0.15) is 41.6 Å². The van der Waals surface area contributed by atoms with E-state index in [4.69, 9.17) is 19.2 Å². The summed E-state index contributed by atoms with van der Waals surface area (Å²) in [7, 11) is -1.04. The summed E-state index contributed by atoms with van der Waals surface area (Å²) in [4.78, 5) is 4.23. The molecule has 0 aliphatic rings. The molecule has 198 valence electrons. The highest BCUT2D eigenvalue weighted by molar-refractivity contribution is 7.91. The Morgan fingerprint density at radius 3 is 2.32 bits per heavy atom. The summed E-state index contributed by atoms with van der Waals surface area (Å²) in [5.74, 6) is 1.57. The zero-order chi connectivity index (χ0) is 27.6. The summed E-state index contributed by atoms with van der Waals surface area (Å²) >= 11 is 0. The Labute approximate surface area is 220 Å². The van der Waals surface area contributed by atoms with Gasteiger partial charge in [-0.25, -0.2) is 8.42 Å². The lowest BCUT2D eigenvalue weighted by atomic mass is 10.1. The summed E-state index contributed by atoms with van der Waals surface area (Å²) in [6.45, 7) is 4.80. The van der Waals surface area contributed by atoms with Crippen molar-refractivity contribution in [1.82, 2.24) is 19.7 Å². The fourth-order valence-electron chi connectivity index (χ4n) is 4.02. The van der Waals surface area contributed by atoms with Crippen molar-refractivity contribution in [1.29, 1.82) is 5.26 Å². The first-order valence-electron chi connectivity index (χ1n) is 11.6. The third-order valence-electron chi connectivity index (χ3n) is 6.19. The van der Waals surface area contributed by atoms with Crippen LogP contribution in [-0.2, 0) is 15.6 Å². The molecule has 0 spiro atoms. The molecule has 4 rings (SSSR count). The smallest absolute Gasteiger partial charge is 0.204 e. The second-order valence-electron chi connectivity index (χ2n) is 8.63. The number of methoxy groups -OCH3 is 2. The zero-order valence-electron chi connectivity index (χ0n) is 21.5. The quantitative estimate of drug-likeness (QED) is 0.336. The predicted octanol–water partition coefficient (Wildman–Crippen LogP) is 3.46. The number of rotatable bonds is 9. The van der Waals surface area contributed by atoms with Gasteiger partial charge < -0.3 is 19.0 Å². The molecule has 11 nitrogen and oxygen atoms in total. The summed E-state index contributed by atoms with van der Waals surface area (Å²) in [5, 5.41) is 27.2. The first-order valence-corrected chi connectivity index (χ1v) is 13.3. The molecule has 3 aromatic heterocycles. The van der Waals surface area contributed by atoms with Crippen molar-refractivity contribution in [3.8, 4) is 34.8 Å². The number of nitrogens with zero attached hydrogens (tertiary/aromatic N) is 5. The van der Waals surface area contributed by atoms with E-state index in [1.807, 2.05) is 6.07 Å². The fraction of sp³-hybridized carbons (Fsp3) is 0.308. The topological polar surface area (TPSA) is 153 Å². The number of hydrogen-bond acceptors (Lipinski definition) is 10. The first kappa shape index (κ1) is 26.8. The SMILES string of the molecule is COc1cccc(OC)c1-n1c(CS(=O)(=O)[C@H](C)[C@@H](O)c2ccc(C#N)c(C)n2)nnc1-c1ccc(C)o1. The Kier molecular flexibility index (Phi) is 7.52. The number of aliphatic hydroxyl groups is 1. The maximum atomic E-state index is 13.6. The number of hydrogen-bond donors (Lipinski definition) is 1. The van der Waals surface area contributed by atoms with Gasteiger partial charge in [-0.1, -0.05) is 6.07 Å². The number of para-hydroxylation sites is 1.